The molecule has 2 N–H and O–H groups in total. The Hall–Kier alpha value is -2.09. The SMILES string of the molecule is NC(=O)c1ccc(Cc2[c]cccc2)cc1. The van der Waals surface area contributed by atoms with Crippen LogP contribution in [0.4, 0.5) is 0 Å². The Balaban J connectivity index is 2.14. The van der Waals surface area contributed by atoms with Crippen LogP contribution >= 0.6 is 0 Å². The van der Waals surface area contributed by atoms with Gasteiger partial charge in [-0.05, 0) is 35.7 Å². The molecular weight excluding hydrogens is 198 g/mol. The minimum absolute atomic E-state index is 0.391. The molecule has 2 nitrogen and oxygen atoms in total. The number of amides is 1. The molecule has 0 spiro atoms. The van der Waals surface area contributed by atoms with Gasteiger partial charge in [0.25, 0.3) is 0 Å². The van der Waals surface area contributed by atoms with Crippen LogP contribution in [-0.2, 0) is 6.42 Å². The second-order valence-electron chi connectivity index (χ2n) is 3.63. The quantitative estimate of drug-likeness (QED) is 0.829. The summed E-state index contributed by atoms with van der Waals surface area (Å²) in [5, 5.41) is 0. The van der Waals surface area contributed by atoms with Gasteiger partial charge in [-0.1, -0.05) is 36.4 Å². The highest BCUT2D eigenvalue weighted by molar-refractivity contribution is 5.92. The lowest BCUT2D eigenvalue weighted by molar-refractivity contribution is 0.100. The van der Waals surface area contributed by atoms with Gasteiger partial charge < -0.3 is 5.73 Å². The Morgan fingerprint density at radius 3 is 2.44 bits per heavy atom. The summed E-state index contributed by atoms with van der Waals surface area (Å²) in [6.45, 7) is 0. The molecule has 2 heteroatoms. The van der Waals surface area contributed by atoms with Gasteiger partial charge in [0.1, 0.15) is 0 Å². The van der Waals surface area contributed by atoms with E-state index in [1.165, 1.54) is 0 Å². The maximum absolute atomic E-state index is 10.9. The van der Waals surface area contributed by atoms with E-state index in [-0.39, 0.29) is 0 Å². The Labute approximate surface area is 94.7 Å². The predicted molar refractivity (Wildman–Crippen MR) is 63.0 cm³/mol. The molecule has 0 bridgehead atoms. The standard InChI is InChI=1S/C14H12NO/c15-14(16)13-8-6-12(7-9-13)10-11-4-2-1-3-5-11/h1-4,6-9H,10H2,(H2,15,16). The monoisotopic (exact) mass is 210 g/mol. The Bertz CT molecular complexity index is 474. The maximum Gasteiger partial charge on any atom is 0.248 e. The number of carbonyl (C=O) groups is 1. The zero-order valence-corrected chi connectivity index (χ0v) is 8.81. The molecule has 16 heavy (non-hydrogen) atoms. The summed E-state index contributed by atoms with van der Waals surface area (Å²) >= 11 is 0. The van der Waals surface area contributed by atoms with Crippen molar-refractivity contribution in [3.63, 3.8) is 0 Å². The molecule has 0 aromatic heterocycles. The number of primary amides is 1. The van der Waals surface area contributed by atoms with Gasteiger partial charge in [0.05, 0.1) is 0 Å². The fraction of sp³-hybridized carbons (Fsp3) is 0.0714. The fourth-order valence-electron chi connectivity index (χ4n) is 1.55. The molecule has 2 aromatic carbocycles. The second-order valence-corrected chi connectivity index (χ2v) is 3.63. The van der Waals surface area contributed by atoms with E-state index in [0.29, 0.717) is 5.56 Å². The third-order valence-electron chi connectivity index (χ3n) is 2.41. The van der Waals surface area contributed by atoms with Crippen LogP contribution in [0.5, 0.6) is 0 Å². The topological polar surface area (TPSA) is 43.1 Å². The predicted octanol–water partition coefficient (Wildman–Crippen LogP) is 2.18. The molecule has 1 radical (unpaired) electrons. The number of nitrogens with two attached hydrogens (primary N) is 1. The molecule has 0 fully saturated rings. The molecule has 0 unspecified atom stereocenters. The molecule has 2 rings (SSSR count). The zero-order valence-electron chi connectivity index (χ0n) is 8.81. The van der Waals surface area contributed by atoms with Crippen molar-refractivity contribution in [3.8, 4) is 0 Å². The van der Waals surface area contributed by atoms with Crippen molar-refractivity contribution in [1.82, 2.24) is 0 Å². The number of rotatable bonds is 3. The number of hydrogen-bond acceptors (Lipinski definition) is 1. The first-order chi connectivity index (χ1) is 7.75. The van der Waals surface area contributed by atoms with E-state index >= 15 is 0 Å². The van der Waals surface area contributed by atoms with Gasteiger partial charge in [-0.25, -0.2) is 0 Å². The van der Waals surface area contributed by atoms with Crippen LogP contribution in [0.25, 0.3) is 0 Å². The number of benzene rings is 2. The summed E-state index contributed by atoms with van der Waals surface area (Å²) in [7, 11) is 0. The smallest absolute Gasteiger partial charge is 0.248 e. The second kappa shape index (κ2) is 4.62. The van der Waals surface area contributed by atoms with Crippen molar-refractivity contribution in [3.05, 3.63) is 71.3 Å². The third kappa shape index (κ3) is 2.48. The van der Waals surface area contributed by atoms with E-state index in [1.807, 2.05) is 36.4 Å². The van der Waals surface area contributed by atoms with Crippen molar-refractivity contribution in [2.45, 2.75) is 6.42 Å². The van der Waals surface area contributed by atoms with Gasteiger partial charge in [0, 0.05) is 5.56 Å². The van der Waals surface area contributed by atoms with Crippen LogP contribution in [0.3, 0.4) is 0 Å². The van der Waals surface area contributed by atoms with Gasteiger partial charge in [0.15, 0.2) is 0 Å². The molecule has 0 aliphatic carbocycles. The molecule has 79 valence electrons. The molecule has 0 saturated carbocycles. The van der Waals surface area contributed by atoms with Gasteiger partial charge in [-0.3, -0.25) is 4.79 Å². The fourth-order valence-corrected chi connectivity index (χ4v) is 1.55. The lowest BCUT2D eigenvalue weighted by Gasteiger charge is -2.02. The molecule has 0 saturated heterocycles. The summed E-state index contributed by atoms with van der Waals surface area (Å²) in [5.74, 6) is -0.391. The minimum atomic E-state index is -0.391. The van der Waals surface area contributed by atoms with E-state index in [1.54, 1.807) is 12.1 Å². The Morgan fingerprint density at radius 2 is 1.88 bits per heavy atom. The van der Waals surface area contributed by atoms with Crippen molar-refractivity contribution in [1.29, 1.82) is 0 Å². The lowest BCUT2D eigenvalue weighted by atomic mass is 10.0. The van der Waals surface area contributed by atoms with Gasteiger partial charge in [-0.2, -0.15) is 0 Å². The van der Waals surface area contributed by atoms with Gasteiger partial charge in [-0.15, -0.1) is 0 Å². The summed E-state index contributed by atoms with van der Waals surface area (Å²) in [4.78, 5) is 10.9. The van der Waals surface area contributed by atoms with Crippen molar-refractivity contribution in [2.75, 3.05) is 0 Å². The lowest BCUT2D eigenvalue weighted by Crippen LogP contribution is -2.10. The zero-order chi connectivity index (χ0) is 11.4. The summed E-state index contributed by atoms with van der Waals surface area (Å²) < 4.78 is 0. The van der Waals surface area contributed by atoms with Gasteiger partial charge >= 0.3 is 0 Å². The van der Waals surface area contributed by atoms with E-state index in [2.05, 4.69) is 6.07 Å². The molecular formula is C14H12NO. The van der Waals surface area contributed by atoms with Crippen LogP contribution in [0.2, 0.25) is 0 Å². The summed E-state index contributed by atoms with van der Waals surface area (Å²) in [6, 6.07) is 18.4. The molecule has 0 heterocycles. The summed E-state index contributed by atoms with van der Waals surface area (Å²) in [6.07, 6.45) is 0.819. The number of carbonyl (C=O) groups excluding carboxylic acids is 1. The first-order valence-corrected chi connectivity index (χ1v) is 5.10. The third-order valence-corrected chi connectivity index (χ3v) is 2.41. The highest BCUT2D eigenvalue weighted by Crippen LogP contribution is 2.09. The summed E-state index contributed by atoms with van der Waals surface area (Å²) in [5.41, 5.74) is 7.99. The van der Waals surface area contributed by atoms with Crippen LogP contribution in [0.15, 0.2) is 48.5 Å². The average Bonchev–Trinajstić information content (AvgIpc) is 2.31. The number of hydrogen-bond donors (Lipinski definition) is 1. The Kier molecular flexibility index (Phi) is 3.01. The highest BCUT2D eigenvalue weighted by Gasteiger charge is 2.00. The Morgan fingerprint density at radius 1 is 1.12 bits per heavy atom. The first-order valence-electron chi connectivity index (χ1n) is 5.10. The molecule has 0 aliphatic heterocycles. The van der Waals surface area contributed by atoms with E-state index in [0.717, 1.165) is 17.5 Å². The van der Waals surface area contributed by atoms with E-state index in [9.17, 15) is 4.79 Å². The average molecular weight is 210 g/mol. The van der Waals surface area contributed by atoms with Crippen LogP contribution in [-0.4, -0.2) is 5.91 Å². The minimum Gasteiger partial charge on any atom is -0.366 e. The largest absolute Gasteiger partial charge is 0.366 e. The molecule has 1 amide bonds. The van der Waals surface area contributed by atoms with Crippen molar-refractivity contribution in [2.24, 2.45) is 5.73 Å². The van der Waals surface area contributed by atoms with Gasteiger partial charge in [0.2, 0.25) is 5.91 Å². The van der Waals surface area contributed by atoms with Crippen molar-refractivity contribution < 1.29 is 4.79 Å². The van der Waals surface area contributed by atoms with Crippen LogP contribution in [0.1, 0.15) is 21.5 Å². The maximum atomic E-state index is 10.9. The van der Waals surface area contributed by atoms with Crippen LogP contribution < -0.4 is 5.73 Å². The molecule has 0 atom stereocenters. The van der Waals surface area contributed by atoms with E-state index < -0.39 is 5.91 Å². The molecule has 2 aromatic rings. The van der Waals surface area contributed by atoms with Crippen LogP contribution in [0, 0.1) is 6.07 Å². The highest BCUT2D eigenvalue weighted by atomic mass is 16.1. The normalized spacial score (nSPS) is 10.0. The van der Waals surface area contributed by atoms with Crippen molar-refractivity contribution >= 4 is 5.91 Å². The van der Waals surface area contributed by atoms with E-state index in [4.69, 9.17) is 5.73 Å². The molecule has 0 aliphatic rings. The first kappa shape index (κ1) is 10.4.